The first kappa shape index (κ1) is 20.7. The first-order chi connectivity index (χ1) is 12.9. The summed E-state index contributed by atoms with van der Waals surface area (Å²) in [7, 11) is 0. The van der Waals surface area contributed by atoms with Crippen molar-refractivity contribution in [3.63, 3.8) is 0 Å². The fraction of sp³-hybridized carbons (Fsp3) is 0.400. The molecule has 0 saturated heterocycles. The van der Waals surface area contributed by atoms with E-state index in [1.807, 2.05) is 38.1 Å². The highest BCUT2D eigenvalue weighted by Gasteiger charge is 2.23. The Hall–Kier alpha value is -2.59. The first-order valence-electron chi connectivity index (χ1n) is 8.96. The van der Waals surface area contributed by atoms with Crippen LogP contribution < -0.4 is 10.5 Å². The predicted molar refractivity (Wildman–Crippen MR) is 108 cm³/mol. The van der Waals surface area contributed by atoms with Crippen LogP contribution in [0.4, 0.5) is 5.69 Å². The number of aryl methyl sites for hydroxylation is 2. The van der Waals surface area contributed by atoms with Gasteiger partial charge in [-0.05, 0) is 32.4 Å². The highest BCUT2D eigenvalue weighted by molar-refractivity contribution is 8.00. The van der Waals surface area contributed by atoms with Crippen molar-refractivity contribution >= 4 is 23.4 Å². The van der Waals surface area contributed by atoms with E-state index in [2.05, 4.69) is 16.0 Å². The standard InChI is InChI=1S/C20H24N4O2S/c1-4-6-16-13-18(25)23-20(22-16)27-15(3)19(26)24(12-5-11-21)17-9-7-14(2)8-10-17/h7-10,13,15H,4-6,12H2,1-3H3,(H,22,23,25). The molecule has 0 saturated carbocycles. The van der Waals surface area contributed by atoms with Crippen molar-refractivity contribution in [1.29, 1.82) is 5.26 Å². The van der Waals surface area contributed by atoms with Gasteiger partial charge in [-0.3, -0.25) is 9.59 Å². The Bertz CT molecular complexity index is 871. The Morgan fingerprint density at radius 3 is 2.70 bits per heavy atom. The summed E-state index contributed by atoms with van der Waals surface area (Å²) < 4.78 is 0. The van der Waals surface area contributed by atoms with Crippen LogP contribution in [-0.2, 0) is 11.2 Å². The number of nitriles is 1. The van der Waals surface area contributed by atoms with Crippen molar-refractivity contribution in [1.82, 2.24) is 9.97 Å². The van der Waals surface area contributed by atoms with Crippen molar-refractivity contribution in [2.24, 2.45) is 0 Å². The summed E-state index contributed by atoms with van der Waals surface area (Å²) >= 11 is 1.22. The molecule has 0 bridgehead atoms. The number of aromatic nitrogens is 2. The third-order valence-corrected chi connectivity index (χ3v) is 4.95. The van der Waals surface area contributed by atoms with Gasteiger partial charge in [0.25, 0.3) is 5.56 Å². The van der Waals surface area contributed by atoms with Gasteiger partial charge in [0.1, 0.15) is 0 Å². The highest BCUT2D eigenvalue weighted by atomic mass is 32.2. The number of carbonyl (C=O) groups is 1. The van der Waals surface area contributed by atoms with E-state index in [-0.39, 0.29) is 17.9 Å². The molecular weight excluding hydrogens is 360 g/mol. The quantitative estimate of drug-likeness (QED) is 0.556. The SMILES string of the molecule is CCCc1cc(=O)[nH]c(SC(C)C(=O)N(CCC#N)c2ccc(C)cc2)n1. The average molecular weight is 385 g/mol. The molecule has 6 nitrogen and oxygen atoms in total. The molecule has 27 heavy (non-hydrogen) atoms. The minimum Gasteiger partial charge on any atom is -0.310 e. The van der Waals surface area contributed by atoms with Crippen molar-refractivity contribution in [2.75, 3.05) is 11.4 Å². The molecule has 7 heteroatoms. The summed E-state index contributed by atoms with van der Waals surface area (Å²) in [4.78, 5) is 33.6. The van der Waals surface area contributed by atoms with Crippen LogP contribution in [0, 0.1) is 18.3 Å². The fourth-order valence-electron chi connectivity index (χ4n) is 2.61. The van der Waals surface area contributed by atoms with E-state index in [0.29, 0.717) is 11.7 Å². The molecule has 0 fully saturated rings. The molecule has 1 heterocycles. The van der Waals surface area contributed by atoms with Gasteiger partial charge < -0.3 is 9.88 Å². The van der Waals surface area contributed by atoms with E-state index in [9.17, 15) is 9.59 Å². The second kappa shape index (κ2) is 9.93. The number of H-pyrrole nitrogens is 1. The van der Waals surface area contributed by atoms with Crippen LogP contribution in [0.3, 0.4) is 0 Å². The Morgan fingerprint density at radius 2 is 2.07 bits per heavy atom. The summed E-state index contributed by atoms with van der Waals surface area (Å²) in [5.74, 6) is -0.123. The topological polar surface area (TPSA) is 89.9 Å². The van der Waals surface area contributed by atoms with Crippen molar-refractivity contribution in [2.45, 2.75) is 50.4 Å². The van der Waals surface area contributed by atoms with Crippen molar-refractivity contribution in [3.05, 3.63) is 51.9 Å². The zero-order valence-corrected chi connectivity index (χ0v) is 16.7. The Kier molecular flexibility index (Phi) is 7.62. The third-order valence-electron chi connectivity index (χ3n) is 3.97. The lowest BCUT2D eigenvalue weighted by atomic mass is 10.2. The molecular formula is C20H24N4O2S. The Balaban J connectivity index is 2.20. The number of benzene rings is 1. The van der Waals surface area contributed by atoms with E-state index in [0.717, 1.165) is 29.8 Å². The minimum atomic E-state index is -0.454. The van der Waals surface area contributed by atoms with E-state index >= 15 is 0 Å². The van der Waals surface area contributed by atoms with Crippen LogP contribution in [0.5, 0.6) is 0 Å². The summed E-state index contributed by atoms with van der Waals surface area (Å²) in [6.07, 6.45) is 1.86. The number of amides is 1. The summed E-state index contributed by atoms with van der Waals surface area (Å²) in [6, 6.07) is 11.2. The monoisotopic (exact) mass is 384 g/mol. The van der Waals surface area contributed by atoms with Gasteiger partial charge >= 0.3 is 0 Å². The number of nitrogens with one attached hydrogen (secondary N) is 1. The molecule has 0 spiro atoms. The predicted octanol–water partition coefficient (Wildman–Crippen LogP) is 3.46. The van der Waals surface area contributed by atoms with Gasteiger partial charge in [-0.2, -0.15) is 5.26 Å². The average Bonchev–Trinajstić information content (AvgIpc) is 2.63. The van der Waals surface area contributed by atoms with Crippen molar-refractivity contribution < 1.29 is 4.79 Å². The molecule has 0 aliphatic heterocycles. The second-order valence-electron chi connectivity index (χ2n) is 6.29. The van der Waals surface area contributed by atoms with E-state index in [1.54, 1.807) is 11.8 Å². The molecule has 1 aromatic carbocycles. The number of rotatable bonds is 8. The van der Waals surface area contributed by atoms with Gasteiger partial charge in [0, 0.05) is 24.0 Å². The largest absolute Gasteiger partial charge is 0.310 e. The lowest BCUT2D eigenvalue weighted by molar-refractivity contribution is -0.117. The van der Waals surface area contributed by atoms with Crippen LogP contribution in [0.1, 0.15) is 37.9 Å². The minimum absolute atomic E-state index is 0.123. The van der Waals surface area contributed by atoms with Crippen molar-refractivity contribution in [3.8, 4) is 6.07 Å². The van der Waals surface area contributed by atoms with Crippen LogP contribution in [0.15, 0.2) is 40.3 Å². The van der Waals surface area contributed by atoms with Gasteiger partial charge in [0.15, 0.2) is 5.16 Å². The molecule has 1 atom stereocenters. The molecule has 1 amide bonds. The number of hydrogen-bond acceptors (Lipinski definition) is 5. The number of nitrogens with zero attached hydrogens (tertiary/aromatic N) is 3. The molecule has 1 aromatic heterocycles. The number of thioether (sulfide) groups is 1. The maximum Gasteiger partial charge on any atom is 0.251 e. The summed E-state index contributed by atoms with van der Waals surface area (Å²) in [5.41, 5.74) is 2.37. The van der Waals surface area contributed by atoms with Crippen LogP contribution >= 0.6 is 11.8 Å². The third kappa shape index (κ3) is 5.97. The lowest BCUT2D eigenvalue weighted by Gasteiger charge is -2.25. The van der Waals surface area contributed by atoms with E-state index in [1.165, 1.54) is 17.8 Å². The zero-order valence-electron chi connectivity index (χ0n) is 15.9. The number of anilines is 1. The lowest BCUT2D eigenvalue weighted by Crippen LogP contribution is -2.37. The Morgan fingerprint density at radius 1 is 1.37 bits per heavy atom. The normalized spacial score (nSPS) is 11.6. The van der Waals surface area contributed by atoms with Crippen LogP contribution in [-0.4, -0.2) is 27.7 Å². The molecule has 1 unspecified atom stereocenters. The molecule has 1 N–H and O–H groups in total. The Labute approximate surface area is 163 Å². The van der Waals surface area contributed by atoms with E-state index < -0.39 is 5.25 Å². The number of carbonyl (C=O) groups excluding carboxylic acids is 1. The van der Waals surface area contributed by atoms with Crippen LogP contribution in [0.25, 0.3) is 0 Å². The first-order valence-corrected chi connectivity index (χ1v) is 9.84. The molecule has 2 aromatic rings. The summed E-state index contributed by atoms with van der Waals surface area (Å²) in [5, 5.41) is 8.92. The zero-order chi connectivity index (χ0) is 19.8. The van der Waals surface area contributed by atoms with Gasteiger partial charge in [-0.25, -0.2) is 4.98 Å². The van der Waals surface area contributed by atoms with Gasteiger partial charge in [-0.15, -0.1) is 0 Å². The molecule has 0 aliphatic carbocycles. The van der Waals surface area contributed by atoms with Gasteiger partial charge in [0.2, 0.25) is 5.91 Å². The van der Waals surface area contributed by atoms with Gasteiger partial charge in [0.05, 0.1) is 17.7 Å². The smallest absolute Gasteiger partial charge is 0.251 e. The van der Waals surface area contributed by atoms with E-state index in [4.69, 9.17) is 5.26 Å². The summed E-state index contributed by atoms with van der Waals surface area (Å²) in [6.45, 7) is 6.11. The number of hydrogen-bond donors (Lipinski definition) is 1. The molecule has 142 valence electrons. The maximum absolute atomic E-state index is 13.0. The van der Waals surface area contributed by atoms with Crippen LogP contribution in [0.2, 0.25) is 0 Å². The number of aromatic amines is 1. The highest BCUT2D eigenvalue weighted by Crippen LogP contribution is 2.24. The molecule has 2 rings (SSSR count). The molecule has 0 aliphatic rings. The van der Waals surface area contributed by atoms with Gasteiger partial charge in [-0.1, -0.05) is 42.8 Å². The fourth-order valence-corrected chi connectivity index (χ4v) is 3.51. The molecule has 0 radical (unpaired) electrons. The second-order valence-corrected chi connectivity index (χ2v) is 7.62. The maximum atomic E-state index is 13.0.